The van der Waals surface area contributed by atoms with E-state index >= 15 is 0 Å². The zero-order valence-electron chi connectivity index (χ0n) is 10.2. The first-order valence-corrected chi connectivity index (χ1v) is 5.86. The topological polar surface area (TPSA) is 52.6 Å². The molecule has 0 radical (unpaired) electrons. The first-order valence-electron chi connectivity index (χ1n) is 5.86. The van der Waals surface area contributed by atoms with Crippen LogP contribution in [0.1, 0.15) is 12.5 Å². The number of carbonyl (C=O) groups excluding carboxylic acids is 1. The molecule has 4 heteroatoms. The van der Waals surface area contributed by atoms with Crippen LogP contribution in [0.5, 0.6) is 0 Å². The van der Waals surface area contributed by atoms with Gasteiger partial charge in [-0.3, -0.25) is 4.79 Å². The molecule has 92 valence electrons. The van der Waals surface area contributed by atoms with E-state index in [1.54, 1.807) is 0 Å². The van der Waals surface area contributed by atoms with Gasteiger partial charge in [-0.05, 0) is 31.5 Å². The third-order valence-electron chi connectivity index (χ3n) is 3.04. The molecule has 2 atom stereocenters. The molecule has 2 unspecified atom stereocenters. The monoisotopic (exact) mass is 234 g/mol. The highest BCUT2D eigenvalue weighted by Crippen LogP contribution is 2.21. The minimum Gasteiger partial charge on any atom is -0.394 e. The molecule has 1 aliphatic heterocycles. The highest BCUT2D eigenvalue weighted by Gasteiger charge is 2.32. The van der Waals surface area contributed by atoms with Gasteiger partial charge >= 0.3 is 0 Å². The summed E-state index contributed by atoms with van der Waals surface area (Å²) in [6.45, 7) is 4.55. The molecule has 1 aromatic carbocycles. The van der Waals surface area contributed by atoms with Crippen molar-refractivity contribution < 1.29 is 9.90 Å². The van der Waals surface area contributed by atoms with Crippen LogP contribution in [0.15, 0.2) is 24.3 Å². The van der Waals surface area contributed by atoms with E-state index in [1.165, 1.54) is 0 Å². The van der Waals surface area contributed by atoms with Gasteiger partial charge in [-0.2, -0.15) is 0 Å². The van der Waals surface area contributed by atoms with Gasteiger partial charge < -0.3 is 15.3 Å². The Bertz CT molecular complexity index is 420. The Kier molecular flexibility index (Phi) is 3.33. The number of carbonyl (C=O) groups is 1. The fourth-order valence-corrected chi connectivity index (χ4v) is 2.22. The van der Waals surface area contributed by atoms with Crippen molar-refractivity contribution in [3.8, 4) is 0 Å². The molecule has 1 aromatic rings. The highest BCUT2D eigenvalue weighted by molar-refractivity contribution is 5.87. The summed E-state index contributed by atoms with van der Waals surface area (Å²) in [4.78, 5) is 13.8. The standard InChI is InChI=1S/C13H18N2O2/c1-9-4-3-5-11(6-9)15-7-10(2)14-13(17)12(15)8-16/h3-6,10,12,16H,7-8H2,1-2H3,(H,14,17). The average molecular weight is 234 g/mol. The molecular formula is C13H18N2O2. The van der Waals surface area contributed by atoms with Crippen molar-refractivity contribution in [1.82, 2.24) is 5.32 Å². The smallest absolute Gasteiger partial charge is 0.245 e. The molecule has 1 heterocycles. The third-order valence-corrected chi connectivity index (χ3v) is 3.04. The summed E-state index contributed by atoms with van der Waals surface area (Å²) in [6, 6.07) is 7.62. The number of amides is 1. The fourth-order valence-electron chi connectivity index (χ4n) is 2.22. The largest absolute Gasteiger partial charge is 0.394 e. The SMILES string of the molecule is Cc1cccc(N2CC(C)NC(=O)C2CO)c1. The molecule has 0 bridgehead atoms. The van der Waals surface area contributed by atoms with E-state index in [0.717, 1.165) is 17.8 Å². The summed E-state index contributed by atoms with van der Waals surface area (Å²) < 4.78 is 0. The maximum atomic E-state index is 11.8. The number of aryl methyl sites for hydroxylation is 1. The molecule has 0 saturated carbocycles. The molecule has 1 saturated heterocycles. The lowest BCUT2D eigenvalue weighted by molar-refractivity contribution is -0.125. The van der Waals surface area contributed by atoms with Crippen molar-refractivity contribution in [3.63, 3.8) is 0 Å². The van der Waals surface area contributed by atoms with Crippen molar-refractivity contribution in [1.29, 1.82) is 0 Å². The van der Waals surface area contributed by atoms with Gasteiger partial charge in [0, 0.05) is 18.3 Å². The Labute approximate surface area is 101 Å². The first-order chi connectivity index (χ1) is 8.11. The molecule has 0 aromatic heterocycles. The Balaban J connectivity index is 2.30. The predicted octanol–water partition coefficient (Wildman–Crippen LogP) is 0.681. The Morgan fingerprint density at radius 1 is 1.53 bits per heavy atom. The number of piperazine rings is 1. The van der Waals surface area contributed by atoms with Crippen LogP contribution < -0.4 is 10.2 Å². The normalized spacial score (nSPS) is 24.6. The van der Waals surface area contributed by atoms with Crippen LogP contribution in [0.2, 0.25) is 0 Å². The third kappa shape index (κ3) is 2.42. The van der Waals surface area contributed by atoms with Gasteiger partial charge in [-0.1, -0.05) is 12.1 Å². The maximum Gasteiger partial charge on any atom is 0.245 e. The summed E-state index contributed by atoms with van der Waals surface area (Å²) in [5.41, 5.74) is 2.14. The Morgan fingerprint density at radius 2 is 2.29 bits per heavy atom. The van der Waals surface area contributed by atoms with E-state index in [4.69, 9.17) is 0 Å². The van der Waals surface area contributed by atoms with Gasteiger partial charge in [0.05, 0.1) is 6.61 Å². The first kappa shape index (κ1) is 11.9. The Hall–Kier alpha value is -1.55. The lowest BCUT2D eigenvalue weighted by atomic mass is 10.1. The zero-order valence-corrected chi connectivity index (χ0v) is 10.2. The van der Waals surface area contributed by atoms with Gasteiger partial charge in [0.25, 0.3) is 0 Å². The van der Waals surface area contributed by atoms with Crippen LogP contribution in [0.3, 0.4) is 0 Å². The minimum absolute atomic E-state index is 0.103. The number of aliphatic hydroxyl groups is 1. The summed E-state index contributed by atoms with van der Waals surface area (Å²) in [5, 5.41) is 12.2. The average Bonchev–Trinajstić information content (AvgIpc) is 2.28. The number of nitrogens with zero attached hydrogens (tertiary/aromatic N) is 1. The predicted molar refractivity (Wildman–Crippen MR) is 67.0 cm³/mol. The summed E-state index contributed by atoms with van der Waals surface area (Å²) in [6.07, 6.45) is 0. The molecule has 4 nitrogen and oxygen atoms in total. The molecule has 2 rings (SSSR count). The maximum absolute atomic E-state index is 11.8. The van der Waals surface area contributed by atoms with Crippen LogP contribution in [0.25, 0.3) is 0 Å². The van der Waals surface area contributed by atoms with Crippen LogP contribution in [-0.4, -0.2) is 36.2 Å². The summed E-state index contributed by atoms with van der Waals surface area (Å²) in [7, 11) is 0. The van der Waals surface area contributed by atoms with E-state index in [9.17, 15) is 9.90 Å². The lowest BCUT2D eigenvalue weighted by Crippen LogP contribution is -2.60. The lowest BCUT2D eigenvalue weighted by Gasteiger charge is -2.39. The highest BCUT2D eigenvalue weighted by atomic mass is 16.3. The molecule has 1 amide bonds. The van der Waals surface area contributed by atoms with E-state index < -0.39 is 6.04 Å². The number of nitrogens with one attached hydrogen (secondary N) is 1. The number of benzene rings is 1. The van der Waals surface area contributed by atoms with Gasteiger partial charge in [-0.25, -0.2) is 0 Å². The summed E-state index contributed by atoms with van der Waals surface area (Å²) in [5.74, 6) is -0.104. The number of hydrogen-bond acceptors (Lipinski definition) is 3. The van der Waals surface area contributed by atoms with Crippen molar-refractivity contribution in [3.05, 3.63) is 29.8 Å². The summed E-state index contributed by atoms with van der Waals surface area (Å²) >= 11 is 0. The second kappa shape index (κ2) is 4.75. The van der Waals surface area contributed by atoms with E-state index in [2.05, 4.69) is 5.32 Å². The molecule has 1 aliphatic rings. The van der Waals surface area contributed by atoms with Crippen LogP contribution in [0.4, 0.5) is 5.69 Å². The number of rotatable bonds is 2. The molecule has 0 spiro atoms. The number of anilines is 1. The van der Waals surface area contributed by atoms with Crippen LogP contribution >= 0.6 is 0 Å². The van der Waals surface area contributed by atoms with Gasteiger partial charge in [-0.15, -0.1) is 0 Å². The quantitative estimate of drug-likeness (QED) is 0.791. The van der Waals surface area contributed by atoms with Crippen molar-refractivity contribution in [2.75, 3.05) is 18.1 Å². The van der Waals surface area contributed by atoms with Crippen LogP contribution in [0, 0.1) is 6.92 Å². The van der Waals surface area contributed by atoms with Crippen LogP contribution in [-0.2, 0) is 4.79 Å². The number of aliphatic hydroxyl groups excluding tert-OH is 1. The zero-order chi connectivity index (χ0) is 12.4. The van der Waals surface area contributed by atoms with Gasteiger partial charge in [0.1, 0.15) is 6.04 Å². The van der Waals surface area contributed by atoms with E-state index in [1.807, 2.05) is 43.0 Å². The molecule has 1 fully saturated rings. The van der Waals surface area contributed by atoms with Crippen molar-refractivity contribution >= 4 is 11.6 Å². The minimum atomic E-state index is -0.479. The Morgan fingerprint density at radius 3 is 2.94 bits per heavy atom. The van der Waals surface area contributed by atoms with Gasteiger partial charge in [0.2, 0.25) is 5.91 Å². The second-order valence-electron chi connectivity index (χ2n) is 4.60. The molecule has 2 N–H and O–H groups in total. The van der Waals surface area contributed by atoms with Crippen molar-refractivity contribution in [2.45, 2.75) is 25.9 Å². The van der Waals surface area contributed by atoms with Crippen molar-refractivity contribution in [2.24, 2.45) is 0 Å². The molecular weight excluding hydrogens is 216 g/mol. The fraction of sp³-hybridized carbons (Fsp3) is 0.462. The molecule has 17 heavy (non-hydrogen) atoms. The van der Waals surface area contributed by atoms with E-state index in [0.29, 0.717) is 0 Å². The second-order valence-corrected chi connectivity index (χ2v) is 4.60. The van der Waals surface area contributed by atoms with Gasteiger partial charge in [0.15, 0.2) is 0 Å². The molecule has 0 aliphatic carbocycles. The number of hydrogen-bond donors (Lipinski definition) is 2. The van der Waals surface area contributed by atoms with E-state index in [-0.39, 0.29) is 18.6 Å².